The summed E-state index contributed by atoms with van der Waals surface area (Å²) in [6.07, 6.45) is 0.422. The Morgan fingerprint density at radius 2 is 1.95 bits per heavy atom. The Morgan fingerprint density at radius 1 is 1.24 bits per heavy atom. The molecule has 7 heteroatoms. The zero-order valence-electron chi connectivity index (χ0n) is 12.2. The molecule has 112 valence electrons. The van der Waals surface area contributed by atoms with Crippen molar-refractivity contribution in [2.45, 2.75) is 32.7 Å². The molecule has 4 amide bonds. The van der Waals surface area contributed by atoms with Crippen molar-refractivity contribution in [3.05, 3.63) is 22.6 Å². The van der Waals surface area contributed by atoms with Gasteiger partial charge < -0.3 is 14.6 Å². The van der Waals surface area contributed by atoms with Crippen molar-refractivity contribution in [2.75, 3.05) is 13.1 Å². The summed E-state index contributed by atoms with van der Waals surface area (Å²) < 4.78 is 5.48. The average Bonchev–Trinajstić information content (AvgIpc) is 3.01. The molecule has 0 saturated carbocycles. The zero-order valence-corrected chi connectivity index (χ0v) is 12.2. The van der Waals surface area contributed by atoms with Crippen LogP contribution in [0.1, 0.15) is 33.9 Å². The Kier molecular flexibility index (Phi) is 2.82. The van der Waals surface area contributed by atoms with Gasteiger partial charge in [-0.05, 0) is 27.2 Å². The Morgan fingerprint density at radius 3 is 2.48 bits per heavy atom. The second kappa shape index (κ2) is 4.34. The van der Waals surface area contributed by atoms with E-state index in [4.69, 9.17) is 4.42 Å². The van der Waals surface area contributed by atoms with Crippen LogP contribution in [0, 0.1) is 20.8 Å². The number of likely N-dealkylation sites (tertiary alicyclic amines) is 1. The lowest BCUT2D eigenvalue weighted by atomic mass is 9.99. The van der Waals surface area contributed by atoms with Gasteiger partial charge in [-0.15, -0.1) is 0 Å². The molecule has 3 heterocycles. The molecular formula is C14H17N3O4. The number of carbonyl (C=O) groups excluding carboxylic acids is 3. The topological polar surface area (TPSA) is 91.7 Å². The van der Waals surface area contributed by atoms with E-state index in [0.717, 1.165) is 11.3 Å². The first kappa shape index (κ1) is 13.7. The lowest BCUT2D eigenvalue weighted by Crippen LogP contribution is -2.49. The van der Waals surface area contributed by atoms with E-state index in [2.05, 4.69) is 10.6 Å². The van der Waals surface area contributed by atoms with Crippen LogP contribution in [0.2, 0.25) is 0 Å². The first-order valence-electron chi connectivity index (χ1n) is 6.83. The van der Waals surface area contributed by atoms with Gasteiger partial charge in [-0.25, -0.2) is 4.79 Å². The molecule has 1 spiro atoms. The summed E-state index contributed by atoms with van der Waals surface area (Å²) in [6, 6.07) is -0.499. The molecule has 1 unspecified atom stereocenters. The number of carbonyl (C=O) groups is 3. The van der Waals surface area contributed by atoms with Crippen LogP contribution in [0.5, 0.6) is 0 Å². The number of nitrogens with zero attached hydrogens (tertiary/aromatic N) is 1. The number of imide groups is 1. The van der Waals surface area contributed by atoms with Gasteiger partial charge in [0.15, 0.2) is 0 Å². The Bertz CT molecular complexity index is 663. The fourth-order valence-electron chi connectivity index (χ4n) is 3.06. The van der Waals surface area contributed by atoms with Crippen LogP contribution in [0.15, 0.2) is 4.42 Å². The first-order valence-corrected chi connectivity index (χ1v) is 6.83. The molecule has 2 fully saturated rings. The third-order valence-corrected chi connectivity index (χ3v) is 4.35. The number of urea groups is 1. The lowest BCUT2D eigenvalue weighted by Gasteiger charge is -2.21. The maximum atomic E-state index is 12.7. The van der Waals surface area contributed by atoms with E-state index in [9.17, 15) is 14.4 Å². The van der Waals surface area contributed by atoms with E-state index in [-0.39, 0.29) is 18.4 Å². The fourth-order valence-corrected chi connectivity index (χ4v) is 3.06. The van der Waals surface area contributed by atoms with Gasteiger partial charge >= 0.3 is 6.03 Å². The third-order valence-electron chi connectivity index (χ3n) is 4.35. The predicted molar refractivity (Wildman–Crippen MR) is 72.8 cm³/mol. The molecule has 1 aromatic rings. The number of hydrogen-bond donors (Lipinski definition) is 2. The standard InChI is InChI=1S/C14H17N3O4/c1-7-8(2)21-9(3)10(7)11(18)17-5-4-14(6-17)12(19)15-13(20)16-14/h4-6H2,1-3H3,(H2,15,16,19,20). The van der Waals surface area contributed by atoms with E-state index >= 15 is 0 Å². The molecule has 0 aliphatic carbocycles. The number of furan rings is 1. The van der Waals surface area contributed by atoms with Crippen molar-refractivity contribution in [2.24, 2.45) is 0 Å². The Hall–Kier alpha value is -2.31. The normalized spacial score (nSPS) is 24.6. The summed E-state index contributed by atoms with van der Waals surface area (Å²) in [6.45, 7) is 6.02. The van der Waals surface area contributed by atoms with Crippen LogP contribution in [-0.2, 0) is 4.79 Å². The Balaban J connectivity index is 1.85. The number of rotatable bonds is 1. The smallest absolute Gasteiger partial charge is 0.322 e. The van der Waals surface area contributed by atoms with Gasteiger partial charge in [-0.2, -0.15) is 0 Å². The minimum Gasteiger partial charge on any atom is -0.466 e. The van der Waals surface area contributed by atoms with E-state index in [1.165, 1.54) is 0 Å². The second-order valence-corrected chi connectivity index (χ2v) is 5.68. The fraction of sp³-hybridized carbons (Fsp3) is 0.500. The monoisotopic (exact) mass is 291 g/mol. The maximum Gasteiger partial charge on any atom is 0.322 e. The molecule has 7 nitrogen and oxygen atoms in total. The van der Waals surface area contributed by atoms with Gasteiger partial charge in [0.05, 0.1) is 12.1 Å². The number of nitrogens with one attached hydrogen (secondary N) is 2. The van der Waals surface area contributed by atoms with Gasteiger partial charge in [0.25, 0.3) is 11.8 Å². The third kappa shape index (κ3) is 1.91. The van der Waals surface area contributed by atoms with Crippen LogP contribution < -0.4 is 10.6 Å². The highest BCUT2D eigenvalue weighted by molar-refractivity contribution is 6.08. The zero-order chi connectivity index (χ0) is 15.4. The van der Waals surface area contributed by atoms with Crippen molar-refractivity contribution in [1.82, 2.24) is 15.5 Å². The van der Waals surface area contributed by atoms with Gasteiger partial charge in [-0.1, -0.05) is 0 Å². The van der Waals surface area contributed by atoms with Gasteiger partial charge in [0, 0.05) is 12.1 Å². The summed E-state index contributed by atoms with van der Waals surface area (Å²) in [4.78, 5) is 37.5. The molecule has 0 bridgehead atoms. The summed E-state index contributed by atoms with van der Waals surface area (Å²) in [7, 11) is 0. The predicted octanol–water partition coefficient (Wildman–Crippen LogP) is 0.629. The van der Waals surface area contributed by atoms with Gasteiger partial charge in [0.2, 0.25) is 0 Å². The summed E-state index contributed by atoms with van der Waals surface area (Å²) in [5, 5.41) is 4.86. The molecule has 0 aromatic carbocycles. The quantitative estimate of drug-likeness (QED) is 0.742. The summed E-state index contributed by atoms with van der Waals surface area (Å²) in [5.74, 6) is 0.778. The SMILES string of the molecule is Cc1oc(C)c(C(=O)N2CCC3(C2)NC(=O)NC3=O)c1C. The van der Waals surface area contributed by atoms with Crippen molar-refractivity contribution >= 4 is 17.8 Å². The van der Waals surface area contributed by atoms with E-state index in [1.807, 2.05) is 13.8 Å². The molecule has 2 N–H and O–H groups in total. The summed E-state index contributed by atoms with van der Waals surface area (Å²) >= 11 is 0. The van der Waals surface area contributed by atoms with Crippen LogP contribution in [0.4, 0.5) is 4.79 Å². The molecule has 2 aliphatic rings. The van der Waals surface area contributed by atoms with Crippen molar-refractivity contribution in [3.63, 3.8) is 0 Å². The lowest BCUT2D eigenvalue weighted by molar-refractivity contribution is -0.123. The Labute approximate surface area is 121 Å². The highest BCUT2D eigenvalue weighted by atomic mass is 16.3. The molecule has 2 aliphatic heterocycles. The van der Waals surface area contributed by atoms with Crippen LogP contribution in [-0.4, -0.2) is 41.4 Å². The average molecular weight is 291 g/mol. The van der Waals surface area contributed by atoms with Crippen molar-refractivity contribution in [1.29, 1.82) is 0 Å². The van der Waals surface area contributed by atoms with Crippen LogP contribution in [0.25, 0.3) is 0 Å². The summed E-state index contributed by atoms with van der Waals surface area (Å²) in [5.41, 5.74) is 0.389. The first-order chi connectivity index (χ1) is 9.84. The molecule has 1 aromatic heterocycles. The highest BCUT2D eigenvalue weighted by Crippen LogP contribution is 2.28. The van der Waals surface area contributed by atoms with Gasteiger partial charge in [-0.3, -0.25) is 14.9 Å². The van der Waals surface area contributed by atoms with Crippen LogP contribution in [0.3, 0.4) is 0 Å². The second-order valence-electron chi connectivity index (χ2n) is 5.68. The minimum atomic E-state index is -0.979. The minimum absolute atomic E-state index is 0.160. The molecule has 21 heavy (non-hydrogen) atoms. The molecule has 2 saturated heterocycles. The van der Waals surface area contributed by atoms with Gasteiger partial charge in [0.1, 0.15) is 17.1 Å². The largest absolute Gasteiger partial charge is 0.466 e. The van der Waals surface area contributed by atoms with E-state index in [0.29, 0.717) is 24.3 Å². The van der Waals surface area contributed by atoms with E-state index in [1.54, 1.807) is 11.8 Å². The molecule has 3 rings (SSSR count). The molecular weight excluding hydrogens is 274 g/mol. The van der Waals surface area contributed by atoms with Crippen molar-refractivity contribution in [3.8, 4) is 0 Å². The van der Waals surface area contributed by atoms with E-state index < -0.39 is 11.6 Å². The molecule has 0 radical (unpaired) electrons. The number of amides is 4. The highest BCUT2D eigenvalue weighted by Gasteiger charge is 2.52. The number of aryl methyl sites for hydroxylation is 2. The van der Waals surface area contributed by atoms with Crippen molar-refractivity contribution < 1.29 is 18.8 Å². The van der Waals surface area contributed by atoms with Crippen LogP contribution >= 0.6 is 0 Å². The maximum absolute atomic E-state index is 12.7. The number of hydrogen-bond acceptors (Lipinski definition) is 4. The molecule has 1 atom stereocenters.